The molecule has 1 atom stereocenters. The van der Waals surface area contributed by atoms with E-state index in [1.54, 1.807) is 19.5 Å². The molecule has 2 aliphatic rings. The molecule has 2 aliphatic heterocycles. The molecule has 36 heavy (non-hydrogen) atoms. The molecule has 0 radical (unpaired) electrons. The lowest BCUT2D eigenvalue weighted by Crippen LogP contribution is -2.51. The third-order valence-corrected chi connectivity index (χ3v) is 7.75. The minimum absolute atomic E-state index is 0.203. The van der Waals surface area contributed by atoms with Crippen LogP contribution in [0.25, 0.3) is 32.9 Å². The van der Waals surface area contributed by atoms with Crippen LogP contribution < -0.4 is 15.5 Å². The highest BCUT2D eigenvalue weighted by Crippen LogP contribution is 2.41. The molecular weight excluding hydrogens is 456 g/mol. The number of carbonyl (C=O) groups is 2. The molecule has 1 aromatic carbocycles. The first-order valence-electron chi connectivity index (χ1n) is 12.1. The Labute approximate surface area is 208 Å². The second-order valence-corrected chi connectivity index (χ2v) is 9.83. The van der Waals surface area contributed by atoms with Crippen molar-refractivity contribution in [3.8, 4) is 17.0 Å². The molecule has 184 valence electrons. The van der Waals surface area contributed by atoms with E-state index in [4.69, 9.17) is 10.5 Å². The van der Waals surface area contributed by atoms with E-state index in [-0.39, 0.29) is 5.91 Å². The standard InChI is InChI=1S/C27H28N6O3/c1-31-11-8-27(26(31)35)7-3-10-32(16-27)33-22-12-17(18-6-9-30-23(13-18)36-2)4-5-19(22)20-14-29-15-21(24(20)33)25(28)34/h4-6,9,12-15H,3,7-8,10-11,16H2,1-2H3,(H2,28,34)/t27-/m1/s1. The Morgan fingerprint density at radius 1 is 1.08 bits per heavy atom. The molecule has 5 heterocycles. The number of amides is 2. The molecule has 2 fully saturated rings. The van der Waals surface area contributed by atoms with E-state index in [0.29, 0.717) is 18.0 Å². The Kier molecular flexibility index (Phi) is 5.10. The van der Waals surface area contributed by atoms with Gasteiger partial charge in [-0.25, -0.2) is 4.98 Å². The minimum atomic E-state index is -0.528. The van der Waals surface area contributed by atoms with Crippen molar-refractivity contribution < 1.29 is 14.3 Å². The first kappa shape index (κ1) is 22.3. The summed E-state index contributed by atoms with van der Waals surface area (Å²) in [5.41, 5.74) is 9.40. The van der Waals surface area contributed by atoms with Crippen molar-refractivity contribution in [3.05, 3.63) is 54.5 Å². The van der Waals surface area contributed by atoms with Gasteiger partial charge in [0, 0.05) is 62.1 Å². The number of primary amides is 1. The molecular formula is C27H28N6O3. The SMILES string of the molecule is COc1cc(-c2ccc3c4cncc(C(N)=O)c4n(N4CCC[C@@]5(CCN(C)C5=O)C4)c3c2)ccn1. The van der Waals surface area contributed by atoms with Crippen LogP contribution in [0, 0.1) is 5.41 Å². The van der Waals surface area contributed by atoms with Crippen LogP contribution in [0.4, 0.5) is 0 Å². The number of ether oxygens (including phenoxy) is 1. The van der Waals surface area contributed by atoms with Crippen LogP contribution in [-0.2, 0) is 4.79 Å². The Bertz CT molecular complexity index is 1530. The molecule has 4 aromatic rings. The van der Waals surface area contributed by atoms with E-state index in [2.05, 4.69) is 31.8 Å². The third kappa shape index (κ3) is 3.30. The summed E-state index contributed by atoms with van der Waals surface area (Å²) in [6.45, 7) is 2.12. The van der Waals surface area contributed by atoms with Crippen LogP contribution in [0.2, 0.25) is 0 Å². The molecule has 2 amide bonds. The molecule has 0 aliphatic carbocycles. The summed E-state index contributed by atoms with van der Waals surface area (Å²) in [7, 11) is 3.47. The molecule has 1 spiro atoms. The normalized spacial score (nSPS) is 20.1. The fraction of sp³-hybridized carbons (Fsp3) is 0.333. The molecule has 2 saturated heterocycles. The second-order valence-electron chi connectivity index (χ2n) is 9.83. The van der Waals surface area contributed by atoms with Crippen molar-refractivity contribution in [2.45, 2.75) is 19.3 Å². The summed E-state index contributed by atoms with van der Waals surface area (Å²) in [4.78, 5) is 36.1. The number of piperidine rings is 1. The number of likely N-dealkylation sites (tertiary alicyclic amines) is 1. The highest BCUT2D eigenvalue weighted by molar-refractivity contribution is 6.15. The summed E-state index contributed by atoms with van der Waals surface area (Å²) >= 11 is 0. The smallest absolute Gasteiger partial charge is 0.252 e. The summed E-state index contributed by atoms with van der Waals surface area (Å²) in [6, 6.07) is 10.0. The van der Waals surface area contributed by atoms with E-state index >= 15 is 0 Å². The summed E-state index contributed by atoms with van der Waals surface area (Å²) in [5.74, 6) is 0.212. The van der Waals surface area contributed by atoms with Crippen LogP contribution in [0.5, 0.6) is 5.88 Å². The van der Waals surface area contributed by atoms with Crippen molar-refractivity contribution in [1.82, 2.24) is 19.5 Å². The number of nitrogens with zero attached hydrogens (tertiary/aromatic N) is 5. The molecule has 3 aromatic heterocycles. The number of methoxy groups -OCH3 is 1. The maximum absolute atomic E-state index is 13.2. The fourth-order valence-electron chi connectivity index (χ4n) is 5.94. The number of nitrogens with two attached hydrogens (primary N) is 1. The average Bonchev–Trinajstić information content (AvgIpc) is 3.38. The molecule has 2 N–H and O–H groups in total. The number of aromatic nitrogens is 3. The third-order valence-electron chi connectivity index (χ3n) is 7.75. The van der Waals surface area contributed by atoms with Gasteiger partial charge < -0.3 is 20.4 Å². The highest BCUT2D eigenvalue weighted by Gasteiger charge is 2.48. The van der Waals surface area contributed by atoms with Crippen molar-refractivity contribution in [1.29, 1.82) is 0 Å². The maximum Gasteiger partial charge on any atom is 0.252 e. The number of fused-ring (bicyclic) bond motifs is 3. The van der Waals surface area contributed by atoms with Gasteiger partial charge in [-0.05, 0) is 42.5 Å². The van der Waals surface area contributed by atoms with Gasteiger partial charge in [-0.15, -0.1) is 0 Å². The Morgan fingerprint density at radius 2 is 1.92 bits per heavy atom. The Balaban J connectivity index is 1.59. The Morgan fingerprint density at radius 3 is 2.67 bits per heavy atom. The lowest BCUT2D eigenvalue weighted by atomic mass is 9.79. The Hall–Kier alpha value is -4.14. The van der Waals surface area contributed by atoms with Crippen molar-refractivity contribution >= 4 is 33.6 Å². The number of hydrogen-bond donors (Lipinski definition) is 1. The lowest BCUT2D eigenvalue weighted by Gasteiger charge is -2.41. The quantitative estimate of drug-likeness (QED) is 0.477. The number of benzene rings is 1. The van der Waals surface area contributed by atoms with Crippen molar-refractivity contribution in [2.75, 3.05) is 38.8 Å². The van der Waals surface area contributed by atoms with E-state index in [9.17, 15) is 9.59 Å². The number of rotatable bonds is 4. The monoisotopic (exact) mass is 484 g/mol. The minimum Gasteiger partial charge on any atom is -0.481 e. The first-order valence-corrected chi connectivity index (χ1v) is 12.1. The van der Waals surface area contributed by atoms with Gasteiger partial charge in [-0.3, -0.25) is 19.2 Å². The molecule has 0 bridgehead atoms. The van der Waals surface area contributed by atoms with E-state index in [1.807, 2.05) is 30.1 Å². The summed E-state index contributed by atoms with van der Waals surface area (Å²) < 4.78 is 7.42. The van der Waals surface area contributed by atoms with Gasteiger partial charge in [0.2, 0.25) is 11.8 Å². The van der Waals surface area contributed by atoms with Crippen LogP contribution in [-0.4, -0.2) is 65.2 Å². The van der Waals surface area contributed by atoms with Crippen molar-refractivity contribution in [3.63, 3.8) is 0 Å². The highest BCUT2D eigenvalue weighted by atomic mass is 16.5. The van der Waals surface area contributed by atoms with Gasteiger partial charge in [-0.2, -0.15) is 0 Å². The van der Waals surface area contributed by atoms with E-state index in [1.165, 1.54) is 6.20 Å². The van der Waals surface area contributed by atoms with Crippen LogP contribution in [0.15, 0.2) is 48.9 Å². The van der Waals surface area contributed by atoms with Gasteiger partial charge in [0.25, 0.3) is 5.91 Å². The molecule has 9 nitrogen and oxygen atoms in total. The van der Waals surface area contributed by atoms with Crippen LogP contribution in [0.1, 0.15) is 29.6 Å². The first-order chi connectivity index (χ1) is 17.4. The number of pyridine rings is 2. The van der Waals surface area contributed by atoms with Crippen LogP contribution >= 0.6 is 0 Å². The largest absolute Gasteiger partial charge is 0.481 e. The number of hydrogen-bond acceptors (Lipinski definition) is 6. The van der Waals surface area contributed by atoms with Crippen LogP contribution in [0.3, 0.4) is 0 Å². The zero-order valence-electron chi connectivity index (χ0n) is 20.4. The zero-order valence-corrected chi connectivity index (χ0v) is 20.4. The predicted molar refractivity (Wildman–Crippen MR) is 137 cm³/mol. The van der Waals surface area contributed by atoms with Crippen molar-refractivity contribution in [2.24, 2.45) is 11.1 Å². The van der Waals surface area contributed by atoms with Gasteiger partial charge >= 0.3 is 0 Å². The average molecular weight is 485 g/mol. The molecule has 6 rings (SSSR count). The summed E-state index contributed by atoms with van der Waals surface area (Å²) in [5, 5.41) is 4.05. The second kappa shape index (κ2) is 8.22. The fourth-order valence-corrected chi connectivity index (χ4v) is 5.94. The topological polar surface area (TPSA) is 107 Å². The van der Waals surface area contributed by atoms with E-state index < -0.39 is 11.3 Å². The van der Waals surface area contributed by atoms with Gasteiger partial charge in [0.05, 0.1) is 29.1 Å². The summed E-state index contributed by atoms with van der Waals surface area (Å²) in [6.07, 6.45) is 7.63. The van der Waals surface area contributed by atoms with Gasteiger partial charge in [-0.1, -0.05) is 12.1 Å². The van der Waals surface area contributed by atoms with E-state index in [0.717, 1.165) is 65.3 Å². The molecule has 0 unspecified atom stereocenters. The molecule has 9 heteroatoms. The molecule has 0 saturated carbocycles. The zero-order chi connectivity index (χ0) is 25.0. The number of carbonyl (C=O) groups excluding carboxylic acids is 2. The lowest BCUT2D eigenvalue weighted by molar-refractivity contribution is -0.135. The van der Waals surface area contributed by atoms with Gasteiger partial charge in [0.15, 0.2) is 0 Å². The van der Waals surface area contributed by atoms with Gasteiger partial charge in [0.1, 0.15) is 0 Å². The predicted octanol–water partition coefficient (Wildman–Crippen LogP) is 2.94. The maximum atomic E-state index is 13.2.